The number of para-hydroxylation sites is 1. The Morgan fingerprint density at radius 2 is 1.83 bits per heavy atom. The van der Waals surface area contributed by atoms with Crippen LogP contribution >= 0.6 is 11.3 Å². The molecule has 5 rings (SSSR count). The number of hydrogen-bond donors (Lipinski definition) is 0. The zero-order chi connectivity index (χ0) is 19.8. The highest BCUT2D eigenvalue weighted by molar-refractivity contribution is 7.21. The first-order chi connectivity index (χ1) is 14.2. The van der Waals surface area contributed by atoms with Crippen molar-refractivity contribution in [3.63, 3.8) is 0 Å². The fourth-order valence-electron chi connectivity index (χ4n) is 3.25. The Morgan fingerprint density at radius 1 is 1.00 bits per heavy atom. The Bertz CT molecular complexity index is 1370. The summed E-state index contributed by atoms with van der Waals surface area (Å²) in [7, 11) is 0. The van der Waals surface area contributed by atoms with E-state index in [2.05, 4.69) is 18.0 Å². The monoisotopic (exact) mass is 399 g/mol. The number of benzene rings is 3. The van der Waals surface area contributed by atoms with Crippen LogP contribution in [0.2, 0.25) is 0 Å². The number of thiazole rings is 1. The van der Waals surface area contributed by atoms with E-state index in [0.29, 0.717) is 28.5 Å². The van der Waals surface area contributed by atoms with Gasteiger partial charge in [0.1, 0.15) is 22.9 Å². The van der Waals surface area contributed by atoms with Crippen molar-refractivity contribution in [2.45, 2.75) is 13.5 Å². The first kappa shape index (κ1) is 17.6. The Labute approximate surface area is 171 Å². The van der Waals surface area contributed by atoms with Gasteiger partial charge in [0.2, 0.25) is 0 Å². The second-order valence-corrected chi connectivity index (χ2v) is 7.88. The van der Waals surface area contributed by atoms with Gasteiger partial charge in [-0.1, -0.05) is 36.4 Å². The SMILES string of the molecule is Cc1ccccc1COc1ccc2cc(-c3nc4ccccc4s3)c(=O)oc2c1. The topological polar surface area (TPSA) is 52.3 Å². The molecule has 0 aliphatic heterocycles. The quantitative estimate of drug-likeness (QED) is 0.350. The standard InChI is InChI=1S/C24H17NO3S/c1-15-6-2-3-7-17(15)14-27-18-11-10-16-12-19(24(26)28-21(16)13-18)23-25-20-8-4-5-9-22(20)29-23/h2-13H,14H2,1H3. The second kappa shape index (κ2) is 7.18. The van der Waals surface area contributed by atoms with Crippen molar-refractivity contribution in [1.29, 1.82) is 0 Å². The predicted octanol–water partition coefficient (Wildman–Crippen LogP) is 5.96. The number of nitrogens with zero attached hydrogens (tertiary/aromatic N) is 1. The summed E-state index contributed by atoms with van der Waals surface area (Å²) < 4.78 is 12.5. The largest absolute Gasteiger partial charge is 0.489 e. The van der Waals surface area contributed by atoms with Gasteiger partial charge in [0.25, 0.3) is 0 Å². The lowest BCUT2D eigenvalue weighted by molar-refractivity contribution is 0.305. The molecule has 0 saturated carbocycles. The Kier molecular flexibility index (Phi) is 4.37. The molecule has 0 saturated heterocycles. The van der Waals surface area contributed by atoms with E-state index >= 15 is 0 Å². The molecule has 0 atom stereocenters. The van der Waals surface area contributed by atoms with E-state index in [-0.39, 0.29) is 0 Å². The van der Waals surface area contributed by atoms with Crippen LogP contribution in [0, 0.1) is 6.92 Å². The molecule has 0 unspecified atom stereocenters. The second-order valence-electron chi connectivity index (χ2n) is 6.85. The molecule has 0 bridgehead atoms. The Balaban J connectivity index is 1.47. The van der Waals surface area contributed by atoms with Crippen molar-refractivity contribution in [2.24, 2.45) is 0 Å². The third-order valence-electron chi connectivity index (χ3n) is 4.89. The van der Waals surface area contributed by atoms with Gasteiger partial charge in [-0.2, -0.15) is 0 Å². The fourth-order valence-corrected chi connectivity index (χ4v) is 4.22. The third kappa shape index (κ3) is 3.41. The van der Waals surface area contributed by atoms with Crippen LogP contribution in [0.4, 0.5) is 0 Å². The number of ether oxygens (including phenoxy) is 1. The van der Waals surface area contributed by atoms with Crippen molar-refractivity contribution in [1.82, 2.24) is 4.98 Å². The fraction of sp³-hybridized carbons (Fsp3) is 0.0833. The molecule has 0 amide bonds. The zero-order valence-electron chi connectivity index (χ0n) is 15.7. The summed E-state index contributed by atoms with van der Waals surface area (Å²) in [5, 5.41) is 1.50. The summed E-state index contributed by atoms with van der Waals surface area (Å²) in [6.45, 7) is 2.52. The van der Waals surface area contributed by atoms with E-state index in [0.717, 1.165) is 21.2 Å². The van der Waals surface area contributed by atoms with Crippen molar-refractivity contribution in [2.75, 3.05) is 0 Å². The minimum absolute atomic E-state index is 0.396. The van der Waals surface area contributed by atoms with Crippen molar-refractivity contribution >= 4 is 32.5 Å². The number of aryl methyl sites for hydroxylation is 1. The van der Waals surface area contributed by atoms with Gasteiger partial charge in [-0.05, 0) is 48.4 Å². The number of fused-ring (bicyclic) bond motifs is 2. The maximum atomic E-state index is 12.6. The molecule has 0 spiro atoms. The maximum absolute atomic E-state index is 12.6. The molecular formula is C24H17NO3S. The van der Waals surface area contributed by atoms with Crippen LogP contribution in [-0.2, 0) is 6.61 Å². The third-order valence-corrected chi connectivity index (χ3v) is 5.96. The van der Waals surface area contributed by atoms with Gasteiger partial charge in [-0.15, -0.1) is 11.3 Å². The first-order valence-electron chi connectivity index (χ1n) is 9.28. The summed E-state index contributed by atoms with van der Waals surface area (Å²) >= 11 is 1.49. The molecule has 0 aliphatic rings. The minimum atomic E-state index is -0.396. The van der Waals surface area contributed by atoms with Crippen molar-refractivity contribution in [3.8, 4) is 16.3 Å². The van der Waals surface area contributed by atoms with Gasteiger partial charge in [0.15, 0.2) is 0 Å². The predicted molar refractivity (Wildman–Crippen MR) is 117 cm³/mol. The van der Waals surface area contributed by atoms with Crippen LogP contribution in [0.25, 0.3) is 31.8 Å². The van der Waals surface area contributed by atoms with E-state index in [1.165, 1.54) is 16.9 Å². The lowest BCUT2D eigenvalue weighted by Crippen LogP contribution is -2.03. The molecule has 142 valence electrons. The van der Waals surface area contributed by atoms with Gasteiger partial charge in [-0.3, -0.25) is 0 Å². The van der Waals surface area contributed by atoms with E-state index in [9.17, 15) is 4.79 Å². The van der Waals surface area contributed by atoms with Crippen LogP contribution in [0.3, 0.4) is 0 Å². The van der Waals surface area contributed by atoms with Crippen molar-refractivity contribution in [3.05, 3.63) is 94.3 Å². The molecule has 2 aromatic heterocycles. The molecule has 0 fully saturated rings. The van der Waals surface area contributed by atoms with E-state index in [1.807, 2.05) is 60.7 Å². The summed E-state index contributed by atoms with van der Waals surface area (Å²) in [5.74, 6) is 0.664. The molecule has 3 aromatic carbocycles. The normalized spacial score (nSPS) is 11.2. The van der Waals surface area contributed by atoms with Gasteiger partial charge in [0, 0.05) is 11.5 Å². The van der Waals surface area contributed by atoms with E-state index in [1.54, 1.807) is 6.07 Å². The van der Waals surface area contributed by atoms with Crippen molar-refractivity contribution < 1.29 is 9.15 Å². The van der Waals surface area contributed by atoms with Gasteiger partial charge in [0.05, 0.1) is 15.8 Å². The molecule has 2 heterocycles. The number of hydrogen-bond acceptors (Lipinski definition) is 5. The molecule has 0 radical (unpaired) electrons. The first-order valence-corrected chi connectivity index (χ1v) is 10.1. The summed E-state index contributed by atoms with van der Waals surface area (Å²) in [6.07, 6.45) is 0. The minimum Gasteiger partial charge on any atom is -0.489 e. The average molecular weight is 399 g/mol. The lowest BCUT2D eigenvalue weighted by Gasteiger charge is -2.09. The molecular weight excluding hydrogens is 382 g/mol. The number of rotatable bonds is 4. The van der Waals surface area contributed by atoms with E-state index in [4.69, 9.17) is 9.15 Å². The highest BCUT2D eigenvalue weighted by atomic mass is 32.1. The van der Waals surface area contributed by atoms with Gasteiger partial charge < -0.3 is 9.15 Å². The average Bonchev–Trinajstić information content (AvgIpc) is 3.16. The van der Waals surface area contributed by atoms with Crippen LogP contribution in [0.1, 0.15) is 11.1 Å². The summed E-state index contributed by atoms with van der Waals surface area (Å²) in [6, 6.07) is 23.3. The Hall–Kier alpha value is -3.44. The van der Waals surface area contributed by atoms with Crippen LogP contribution < -0.4 is 10.4 Å². The summed E-state index contributed by atoms with van der Waals surface area (Å²) in [5.41, 5.74) is 3.77. The zero-order valence-corrected chi connectivity index (χ0v) is 16.5. The molecule has 0 aliphatic carbocycles. The molecule has 4 nitrogen and oxygen atoms in total. The summed E-state index contributed by atoms with van der Waals surface area (Å²) in [4.78, 5) is 17.2. The highest BCUT2D eigenvalue weighted by Crippen LogP contribution is 2.30. The van der Waals surface area contributed by atoms with Crippen LogP contribution in [0.15, 0.2) is 82.0 Å². The smallest absolute Gasteiger partial charge is 0.346 e. The number of aromatic nitrogens is 1. The molecule has 5 aromatic rings. The molecule has 29 heavy (non-hydrogen) atoms. The highest BCUT2D eigenvalue weighted by Gasteiger charge is 2.13. The van der Waals surface area contributed by atoms with Gasteiger partial charge >= 0.3 is 5.63 Å². The van der Waals surface area contributed by atoms with Crippen LogP contribution in [0.5, 0.6) is 5.75 Å². The van der Waals surface area contributed by atoms with Crippen LogP contribution in [-0.4, -0.2) is 4.98 Å². The van der Waals surface area contributed by atoms with E-state index < -0.39 is 5.63 Å². The maximum Gasteiger partial charge on any atom is 0.346 e. The molecule has 5 heteroatoms. The Morgan fingerprint density at radius 3 is 2.69 bits per heavy atom. The molecule has 0 N–H and O–H groups in total. The van der Waals surface area contributed by atoms with Gasteiger partial charge in [-0.25, -0.2) is 9.78 Å². The lowest BCUT2D eigenvalue weighted by atomic mass is 10.1.